The lowest BCUT2D eigenvalue weighted by Gasteiger charge is -2.13. The van der Waals surface area contributed by atoms with E-state index >= 15 is 0 Å². The van der Waals surface area contributed by atoms with E-state index in [4.69, 9.17) is 5.73 Å². The van der Waals surface area contributed by atoms with Crippen LogP contribution in [0.15, 0.2) is 17.0 Å². The lowest BCUT2D eigenvalue weighted by Crippen LogP contribution is -2.13. The molecule has 0 saturated carbocycles. The van der Waals surface area contributed by atoms with Gasteiger partial charge in [0.05, 0.1) is 0 Å². The molecule has 1 aromatic heterocycles. The predicted molar refractivity (Wildman–Crippen MR) is 72.7 cm³/mol. The van der Waals surface area contributed by atoms with Crippen molar-refractivity contribution in [3.8, 4) is 5.69 Å². The van der Waals surface area contributed by atoms with E-state index in [9.17, 15) is 26.5 Å². The monoisotopic (exact) mass is 354 g/mol. The predicted octanol–water partition coefficient (Wildman–Crippen LogP) is 2.39. The molecule has 0 spiro atoms. The van der Waals surface area contributed by atoms with Crippen LogP contribution in [0, 0.1) is 12.7 Å². The van der Waals surface area contributed by atoms with Crippen molar-refractivity contribution < 1.29 is 26.5 Å². The molecule has 0 aliphatic heterocycles. The summed E-state index contributed by atoms with van der Waals surface area (Å²) in [5, 5.41) is 3.13. The fraction of sp³-hybridized carbons (Fsp3) is 0.333. The second kappa shape index (κ2) is 6.32. The zero-order chi connectivity index (χ0) is 17.4. The third kappa shape index (κ3) is 3.55. The molecular formula is C12H11F5N4OS. The highest BCUT2D eigenvalue weighted by Crippen LogP contribution is 2.29. The summed E-state index contributed by atoms with van der Waals surface area (Å²) in [6, 6.07) is 2.00. The molecular weight excluding hydrogens is 343 g/mol. The summed E-state index contributed by atoms with van der Waals surface area (Å²) < 4.78 is 76.5. The molecule has 1 aromatic carbocycles. The molecule has 126 valence electrons. The first-order chi connectivity index (χ1) is 10.6. The van der Waals surface area contributed by atoms with Gasteiger partial charge in [0.25, 0.3) is 5.82 Å². The summed E-state index contributed by atoms with van der Waals surface area (Å²) in [6.45, 7) is 0.590. The first-order valence-corrected chi connectivity index (χ1v) is 7.51. The number of anilines is 1. The smallest absolute Gasteiger partial charge is 0.453 e. The van der Waals surface area contributed by atoms with Crippen molar-refractivity contribution in [3.05, 3.63) is 29.3 Å². The largest absolute Gasteiger partial charge is 0.611 e. The molecule has 1 heterocycles. The van der Waals surface area contributed by atoms with Gasteiger partial charge in [-0.15, -0.1) is 5.10 Å². The van der Waals surface area contributed by atoms with E-state index in [2.05, 4.69) is 10.1 Å². The molecule has 0 fully saturated rings. The van der Waals surface area contributed by atoms with Crippen LogP contribution in [-0.4, -0.2) is 31.7 Å². The van der Waals surface area contributed by atoms with E-state index in [1.165, 1.54) is 6.92 Å². The van der Waals surface area contributed by atoms with Crippen molar-refractivity contribution in [1.82, 2.24) is 14.8 Å². The number of halogens is 5. The maximum Gasteiger partial charge on any atom is 0.453 e. The van der Waals surface area contributed by atoms with E-state index in [0.717, 1.165) is 12.1 Å². The number of rotatable bonds is 4. The van der Waals surface area contributed by atoms with Gasteiger partial charge < -0.3 is 10.3 Å². The van der Waals surface area contributed by atoms with Crippen molar-refractivity contribution >= 4 is 17.1 Å². The number of aryl methyl sites for hydroxylation is 1. The van der Waals surface area contributed by atoms with Crippen LogP contribution in [0.4, 0.5) is 27.9 Å². The maximum absolute atomic E-state index is 14.1. The van der Waals surface area contributed by atoms with E-state index in [1.54, 1.807) is 0 Å². The summed E-state index contributed by atoms with van der Waals surface area (Å²) in [4.78, 5) is 3.12. The van der Waals surface area contributed by atoms with Gasteiger partial charge in [-0.2, -0.15) is 22.8 Å². The fourth-order valence-corrected chi connectivity index (χ4v) is 2.87. The highest BCUT2D eigenvalue weighted by atomic mass is 32.2. The van der Waals surface area contributed by atoms with Crippen molar-refractivity contribution in [2.24, 2.45) is 0 Å². The summed E-state index contributed by atoms with van der Waals surface area (Å²) in [7, 11) is 0. The second-order valence-corrected chi connectivity index (χ2v) is 6.05. The van der Waals surface area contributed by atoms with Crippen molar-refractivity contribution in [2.45, 2.75) is 18.0 Å². The quantitative estimate of drug-likeness (QED) is 0.675. The van der Waals surface area contributed by atoms with Gasteiger partial charge in [-0.05, 0) is 24.2 Å². The lowest BCUT2D eigenvalue weighted by atomic mass is 10.2. The summed E-state index contributed by atoms with van der Waals surface area (Å²) in [5.41, 5.74) is 5.17. The molecule has 5 nitrogen and oxygen atoms in total. The van der Waals surface area contributed by atoms with Gasteiger partial charge in [0.2, 0.25) is 5.95 Å². The van der Waals surface area contributed by atoms with Crippen LogP contribution in [0.2, 0.25) is 0 Å². The Hall–Kier alpha value is -1.88. The zero-order valence-corrected chi connectivity index (χ0v) is 12.5. The number of nitrogens with two attached hydrogens (primary N) is 1. The number of nitrogen functional groups attached to an aromatic ring is 1. The maximum atomic E-state index is 14.1. The normalized spacial score (nSPS) is 13.3. The van der Waals surface area contributed by atoms with Gasteiger partial charge >= 0.3 is 6.18 Å². The molecule has 0 amide bonds. The first kappa shape index (κ1) is 17.5. The fourth-order valence-electron chi connectivity index (χ4n) is 1.85. The lowest BCUT2D eigenvalue weighted by molar-refractivity contribution is -0.144. The van der Waals surface area contributed by atoms with Crippen LogP contribution in [-0.2, 0) is 17.4 Å². The first-order valence-electron chi connectivity index (χ1n) is 6.19. The van der Waals surface area contributed by atoms with E-state index in [-0.39, 0.29) is 16.2 Å². The van der Waals surface area contributed by atoms with Crippen LogP contribution in [0.5, 0.6) is 0 Å². The molecule has 0 aliphatic rings. The second-order valence-electron chi connectivity index (χ2n) is 4.51. The van der Waals surface area contributed by atoms with Gasteiger partial charge in [-0.25, -0.2) is 8.78 Å². The average Bonchev–Trinajstić information content (AvgIpc) is 2.81. The molecule has 11 heteroatoms. The minimum absolute atomic E-state index is 0.0857. The van der Waals surface area contributed by atoms with E-state index in [0.29, 0.717) is 4.68 Å². The van der Waals surface area contributed by atoms with Gasteiger partial charge in [-0.3, -0.25) is 0 Å². The Morgan fingerprint density at radius 2 is 2.00 bits per heavy atom. The molecule has 1 atom stereocenters. The Kier molecular flexibility index (Phi) is 4.80. The number of aromatic nitrogens is 3. The van der Waals surface area contributed by atoms with Gasteiger partial charge in [0.15, 0.2) is 4.90 Å². The standard InChI is InChI=1S/C12H11F5N4OS/c1-6-4-7(14)8(5-9(6)23(22)3-2-13)21-11(18)19-10(20-21)12(15,16)17/h4-5H,2-3H2,1H3,(H2,18,19,20). The molecule has 0 bridgehead atoms. The van der Waals surface area contributed by atoms with Crippen LogP contribution in [0.1, 0.15) is 11.4 Å². The summed E-state index contributed by atoms with van der Waals surface area (Å²) in [6.07, 6.45) is -4.85. The van der Waals surface area contributed by atoms with Crippen molar-refractivity contribution in [1.29, 1.82) is 0 Å². The Bertz CT molecular complexity index is 718. The molecule has 2 aromatic rings. The highest BCUT2D eigenvalue weighted by Gasteiger charge is 2.37. The van der Waals surface area contributed by atoms with Gasteiger partial charge in [-0.1, -0.05) is 0 Å². The molecule has 0 aliphatic carbocycles. The minimum Gasteiger partial charge on any atom is -0.611 e. The van der Waals surface area contributed by atoms with Gasteiger partial charge in [0.1, 0.15) is 23.9 Å². The molecule has 2 rings (SSSR count). The Morgan fingerprint density at radius 3 is 2.52 bits per heavy atom. The SMILES string of the molecule is Cc1cc(F)c(-n2nc(C(F)(F)F)nc2N)cc1[S+]([O-])CCF. The number of hydrogen-bond donors (Lipinski definition) is 1. The molecule has 23 heavy (non-hydrogen) atoms. The number of alkyl halides is 4. The Balaban J connectivity index is 2.56. The number of nitrogens with zero attached hydrogens (tertiary/aromatic N) is 3. The van der Waals surface area contributed by atoms with Crippen LogP contribution in [0.25, 0.3) is 5.69 Å². The van der Waals surface area contributed by atoms with E-state index in [1.807, 2.05) is 0 Å². The van der Waals surface area contributed by atoms with Crippen LogP contribution in [0.3, 0.4) is 0 Å². The third-order valence-corrected chi connectivity index (χ3v) is 4.32. The number of benzene rings is 1. The number of hydrogen-bond acceptors (Lipinski definition) is 4. The molecule has 0 saturated heterocycles. The van der Waals surface area contributed by atoms with Gasteiger partial charge in [0, 0.05) is 11.6 Å². The van der Waals surface area contributed by atoms with Crippen molar-refractivity contribution in [2.75, 3.05) is 18.2 Å². The van der Waals surface area contributed by atoms with Crippen LogP contribution < -0.4 is 5.73 Å². The topological polar surface area (TPSA) is 79.8 Å². The highest BCUT2D eigenvalue weighted by molar-refractivity contribution is 7.91. The molecule has 0 radical (unpaired) electrons. The Morgan fingerprint density at radius 1 is 1.35 bits per heavy atom. The molecule has 1 unspecified atom stereocenters. The molecule has 2 N–H and O–H groups in total. The van der Waals surface area contributed by atoms with Crippen LogP contribution >= 0.6 is 0 Å². The minimum atomic E-state index is -4.85. The Labute approximate surface area is 130 Å². The average molecular weight is 354 g/mol. The zero-order valence-electron chi connectivity index (χ0n) is 11.7. The third-order valence-electron chi connectivity index (χ3n) is 2.87. The summed E-state index contributed by atoms with van der Waals surface area (Å²) in [5.74, 6) is -3.44. The van der Waals surface area contributed by atoms with E-state index < -0.39 is 47.3 Å². The summed E-state index contributed by atoms with van der Waals surface area (Å²) >= 11 is -1.77. The van der Waals surface area contributed by atoms with Crippen molar-refractivity contribution in [3.63, 3.8) is 0 Å².